The van der Waals surface area contributed by atoms with Crippen molar-refractivity contribution >= 4 is 29.9 Å². The van der Waals surface area contributed by atoms with Gasteiger partial charge in [-0.25, -0.2) is 24.8 Å². The molecule has 2 aliphatic carbocycles. The van der Waals surface area contributed by atoms with Crippen LogP contribution in [0, 0.1) is 0 Å². The first-order chi connectivity index (χ1) is 16.3. The van der Waals surface area contributed by atoms with Crippen LogP contribution in [-0.4, -0.2) is 61.4 Å². The maximum Gasteiger partial charge on any atom is 0.513 e. The van der Waals surface area contributed by atoms with E-state index in [1.807, 2.05) is 0 Å². The van der Waals surface area contributed by atoms with Gasteiger partial charge in [0.05, 0.1) is 19.6 Å². The number of nitrogens with two attached hydrogens (primary N) is 1. The number of methoxy groups -OCH3 is 1. The van der Waals surface area contributed by atoms with Gasteiger partial charge in [-0.15, -0.1) is 0 Å². The Morgan fingerprint density at radius 1 is 0.941 bits per heavy atom. The molecule has 34 heavy (non-hydrogen) atoms. The number of amides is 3. The van der Waals surface area contributed by atoms with E-state index in [0.717, 1.165) is 0 Å². The molecule has 184 valence electrons. The Labute approximate surface area is 194 Å². The highest BCUT2D eigenvalue weighted by molar-refractivity contribution is 5.96. The first kappa shape index (κ1) is 26.2. The molecule has 0 radical (unpaired) electrons. The van der Waals surface area contributed by atoms with Crippen molar-refractivity contribution in [3.63, 3.8) is 0 Å². The molecule has 0 fully saturated rings. The number of anilines is 1. The van der Waals surface area contributed by atoms with Gasteiger partial charge in [-0.3, -0.25) is 10.0 Å². The summed E-state index contributed by atoms with van der Waals surface area (Å²) in [5.74, 6) is -0.895. The number of imide groups is 1. The molecule has 13 heteroatoms. The number of hydrogen-bond donors (Lipinski definition) is 3. The number of nitrogen functional groups attached to an aromatic ring is 1. The van der Waals surface area contributed by atoms with Crippen molar-refractivity contribution in [2.45, 2.75) is 20.3 Å². The van der Waals surface area contributed by atoms with Crippen LogP contribution < -0.4 is 20.7 Å². The van der Waals surface area contributed by atoms with Crippen LogP contribution in [0.5, 0.6) is 11.5 Å². The molecule has 0 spiro atoms. The molecule has 2 rings (SSSR count). The SMILES string of the molecule is CCOC(=O)Oc1c2ccc(CC(=O)N(COC)C(=O)NO)ccc-2c(OC(=O)OCC)c1N. The summed E-state index contributed by atoms with van der Waals surface area (Å²) < 4.78 is 24.8. The summed E-state index contributed by atoms with van der Waals surface area (Å²) in [7, 11) is 1.28. The molecule has 4 N–H and O–H groups in total. The average Bonchev–Trinajstić information content (AvgIpc) is 2.93. The molecule has 0 aromatic rings. The van der Waals surface area contributed by atoms with Crippen LogP contribution in [0.2, 0.25) is 0 Å². The number of nitrogens with zero attached hydrogens (tertiary/aromatic N) is 1. The Balaban J connectivity index is 2.48. The van der Waals surface area contributed by atoms with Crippen molar-refractivity contribution < 1.29 is 48.1 Å². The summed E-state index contributed by atoms with van der Waals surface area (Å²) in [6.07, 6.45) is -2.29. The molecular formula is C21H25N3O10. The molecule has 0 aromatic heterocycles. The summed E-state index contributed by atoms with van der Waals surface area (Å²) in [6.45, 7) is 2.92. The molecule has 3 amide bonds. The van der Waals surface area contributed by atoms with Crippen LogP contribution in [0.15, 0.2) is 24.3 Å². The van der Waals surface area contributed by atoms with E-state index < -0.39 is 24.2 Å². The van der Waals surface area contributed by atoms with Crippen molar-refractivity contribution in [2.75, 3.05) is 32.8 Å². The Kier molecular flexibility index (Phi) is 9.40. The maximum atomic E-state index is 12.5. The molecule has 0 unspecified atom stereocenters. The summed E-state index contributed by atoms with van der Waals surface area (Å²) in [5, 5.41) is 8.83. The monoisotopic (exact) mass is 479 g/mol. The van der Waals surface area contributed by atoms with Gasteiger partial charge in [-0.05, 0) is 19.4 Å². The second-order valence-electron chi connectivity index (χ2n) is 6.54. The topological polar surface area (TPSA) is 176 Å². The normalized spacial score (nSPS) is 10.4. The highest BCUT2D eigenvalue weighted by Gasteiger charge is 2.28. The minimum absolute atomic E-state index is 0.0585. The lowest BCUT2D eigenvalue weighted by atomic mass is 10.2. The van der Waals surface area contributed by atoms with Gasteiger partial charge in [0.25, 0.3) is 0 Å². The molecule has 0 saturated heterocycles. The van der Waals surface area contributed by atoms with Gasteiger partial charge in [-0.2, -0.15) is 0 Å². The highest BCUT2D eigenvalue weighted by atomic mass is 16.7. The van der Waals surface area contributed by atoms with Crippen LogP contribution in [0.3, 0.4) is 0 Å². The van der Waals surface area contributed by atoms with E-state index in [1.54, 1.807) is 13.8 Å². The largest absolute Gasteiger partial charge is 0.513 e. The van der Waals surface area contributed by atoms with Crippen LogP contribution >= 0.6 is 0 Å². The molecular weight excluding hydrogens is 454 g/mol. The van der Waals surface area contributed by atoms with Gasteiger partial charge in [0.2, 0.25) is 5.91 Å². The third-order valence-corrected chi connectivity index (χ3v) is 4.35. The molecule has 13 nitrogen and oxygen atoms in total. The van der Waals surface area contributed by atoms with E-state index in [0.29, 0.717) is 10.5 Å². The van der Waals surface area contributed by atoms with Crippen LogP contribution in [0.1, 0.15) is 19.4 Å². The first-order valence-corrected chi connectivity index (χ1v) is 10.0. The van der Waals surface area contributed by atoms with Crippen LogP contribution in [0.25, 0.3) is 11.1 Å². The predicted molar refractivity (Wildman–Crippen MR) is 116 cm³/mol. The van der Waals surface area contributed by atoms with Crippen molar-refractivity contribution in [3.8, 4) is 22.6 Å². The number of hydroxylamine groups is 1. The number of carbonyl (C=O) groups is 4. The number of fused-ring (bicyclic) bond motifs is 1. The minimum Gasteiger partial charge on any atom is -0.434 e. The van der Waals surface area contributed by atoms with Gasteiger partial charge >= 0.3 is 18.3 Å². The Hall–Kier alpha value is -4.10. The van der Waals surface area contributed by atoms with Crippen molar-refractivity contribution in [1.29, 1.82) is 0 Å². The van der Waals surface area contributed by atoms with Crippen LogP contribution in [-0.2, 0) is 25.4 Å². The van der Waals surface area contributed by atoms with E-state index in [1.165, 1.54) is 36.9 Å². The Morgan fingerprint density at radius 2 is 1.44 bits per heavy atom. The predicted octanol–water partition coefficient (Wildman–Crippen LogP) is 2.52. The molecule has 0 atom stereocenters. The van der Waals surface area contributed by atoms with Gasteiger partial charge in [0, 0.05) is 18.2 Å². The van der Waals surface area contributed by atoms with E-state index in [-0.39, 0.29) is 54.7 Å². The van der Waals surface area contributed by atoms with Crippen LogP contribution in [0.4, 0.5) is 20.1 Å². The lowest BCUT2D eigenvalue weighted by molar-refractivity contribution is -0.131. The van der Waals surface area contributed by atoms with E-state index in [4.69, 9.17) is 34.6 Å². The summed E-state index contributed by atoms with van der Waals surface area (Å²) in [4.78, 5) is 48.7. The Bertz CT molecular complexity index is 968. The summed E-state index contributed by atoms with van der Waals surface area (Å²) in [5.41, 5.74) is 8.31. The quantitative estimate of drug-likeness (QED) is 0.219. The molecule has 2 aliphatic rings. The second-order valence-corrected chi connectivity index (χ2v) is 6.54. The summed E-state index contributed by atoms with van der Waals surface area (Å²) >= 11 is 0. The molecule has 0 aromatic carbocycles. The lowest BCUT2D eigenvalue weighted by Gasteiger charge is -2.18. The number of urea groups is 1. The fraction of sp³-hybridized carbons (Fsp3) is 0.333. The molecule has 0 saturated carbocycles. The van der Waals surface area contributed by atoms with Crippen molar-refractivity contribution in [1.82, 2.24) is 10.4 Å². The van der Waals surface area contributed by atoms with Crippen molar-refractivity contribution in [3.05, 3.63) is 29.8 Å². The number of ether oxygens (including phenoxy) is 5. The average molecular weight is 479 g/mol. The number of carbonyl (C=O) groups excluding carboxylic acids is 4. The van der Waals surface area contributed by atoms with E-state index in [9.17, 15) is 19.2 Å². The Morgan fingerprint density at radius 3 is 1.85 bits per heavy atom. The molecule has 0 heterocycles. The third kappa shape index (κ3) is 6.24. The molecule has 0 aliphatic heterocycles. The fourth-order valence-corrected chi connectivity index (χ4v) is 2.91. The molecule has 0 bridgehead atoms. The zero-order chi connectivity index (χ0) is 25.3. The number of rotatable bonds is 8. The third-order valence-electron chi connectivity index (χ3n) is 4.35. The van der Waals surface area contributed by atoms with E-state index >= 15 is 0 Å². The standard InChI is InChI=1S/C21H25N3O10/c1-4-31-20(27)33-17-13-8-6-12(10-15(25)24(11-30-3)19(26)23-29)7-9-14(13)18(16(17)22)34-21(28)32-5-2/h6-9,29H,4-5,10-11,22H2,1-3H3,(H,23,26). The number of nitrogens with one attached hydrogen (secondary N) is 1. The van der Waals surface area contributed by atoms with Gasteiger partial charge < -0.3 is 29.4 Å². The van der Waals surface area contributed by atoms with Gasteiger partial charge in [-0.1, -0.05) is 24.3 Å². The smallest absolute Gasteiger partial charge is 0.434 e. The maximum absolute atomic E-state index is 12.5. The minimum atomic E-state index is -1.06. The highest BCUT2D eigenvalue weighted by Crippen LogP contribution is 2.50. The first-order valence-electron chi connectivity index (χ1n) is 10.0. The lowest BCUT2D eigenvalue weighted by Crippen LogP contribution is -2.44. The van der Waals surface area contributed by atoms with Gasteiger partial charge in [0.1, 0.15) is 12.4 Å². The van der Waals surface area contributed by atoms with Crippen molar-refractivity contribution in [2.24, 2.45) is 0 Å². The van der Waals surface area contributed by atoms with Gasteiger partial charge in [0.15, 0.2) is 11.5 Å². The second kappa shape index (κ2) is 12.2. The fourth-order valence-electron chi connectivity index (χ4n) is 2.91. The zero-order valence-electron chi connectivity index (χ0n) is 18.8. The summed E-state index contributed by atoms with van der Waals surface area (Å²) in [6, 6.07) is 4.97. The number of hydrogen-bond acceptors (Lipinski definition) is 11. The zero-order valence-corrected chi connectivity index (χ0v) is 18.8. The van der Waals surface area contributed by atoms with E-state index in [2.05, 4.69) is 0 Å².